The number of hydrogen-bond donors (Lipinski definition) is 1. The van der Waals surface area contributed by atoms with Gasteiger partial charge in [-0.05, 0) is 12.1 Å². The molecule has 1 aromatic carbocycles. The summed E-state index contributed by atoms with van der Waals surface area (Å²) in [5.74, 6) is -0.0471. The third-order valence-corrected chi connectivity index (χ3v) is 2.25. The predicted molar refractivity (Wildman–Crippen MR) is 64.2 cm³/mol. The van der Waals surface area contributed by atoms with Gasteiger partial charge in [0.1, 0.15) is 12.4 Å². The molecule has 1 rings (SSSR count). The lowest BCUT2D eigenvalue weighted by Crippen LogP contribution is -2.30. The van der Waals surface area contributed by atoms with Gasteiger partial charge in [-0.15, -0.1) is 0 Å². The first-order chi connectivity index (χ1) is 8.15. The lowest BCUT2D eigenvalue weighted by molar-refractivity contribution is -0.123. The summed E-state index contributed by atoms with van der Waals surface area (Å²) in [6, 6.07) is 6.50. The second-order valence-corrected chi connectivity index (χ2v) is 3.52. The van der Waals surface area contributed by atoms with Crippen LogP contribution in [0.3, 0.4) is 0 Å². The van der Waals surface area contributed by atoms with Gasteiger partial charge in [0.15, 0.2) is 0 Å². The van der Waals surface area contributed by atoms with Crippen molar-refractivity contribution in [3.63, 3.8) is 0 Å². The van der Waals surface area contributed by atoms with Crippen molar-refractivity contribution >= 4 is 11.6 Å². The highest BCUT2D eigenvalue weighted by molar-refractivity contribution is 5.93. The smallest absolute Gasteiger partial charge is 0.252 e. The molecule has 0 aliphatic carbocycles. The molecule has 0 aromatic heterocycles. The van der Waals surface area contributed by atoms with Gasteiger partial charge in [-0.1, -0.05) is 6.07 Å². The summed E-state index contributed by atoms with van der Waals surface area (Å²) in [7, 11) is 3.21. The standard InChI is InChI=1S/C12H17NO4/c1-13(10-4-3-5-11(14)8-10)12(15)9-17-7-6-16-2/h3-5,8,14H,6-7,9H2,1-2H3. The molecule has 5 nitrogen and oxygen atoms in total. The number of carbonyl (C=O) groups excluding carboxylic acids is 1. The van der Waals surface area contributed by atoms with Gasteiger partial charge >= 0.3 is 0 Å². The molecule has 0 heterocycles. The minimum atomic E-state index is -0.174. The van der Waals surface area contributed by atoms with E-state index >= 15 is 0 Å². The van der Waals surface area contributed by atoms with Crippen LogP contribution in [-0.2, 0) is 14.3 Å². The van der Waals surface area contributed by atoms with E-state index in [1.807, 2.05) is 0 Å². The van der Waals surface area contributed by atoms with Crippen LogP contribution < -0.4 is 4.90 Å². The minimum absolute atomic E-state index is 0.00445. The van der Waals surface area contributed by atoms with Gasteiger partial charge in [-0.3, -0.25) is 4.79 Å². The topological polar surface area (TPSA) is 59.0 Å². The number of carbonyl (C=O) groups is 1. The molecule has 0 radical (unpaired) electrons. The molecule has 5 heteroatoms. The van der Waals surface area contributed by atoms with Crippen LogP contribution in [0.5, 0.6) is 5.75 Å². The second kappa shape index (κ2) is 6.88. The maximum Gasteiger partial charge on any atom is 0.252 e. The molecule has 0 aliphatic heterocycles. The lowest BCUT2D eigenvalue weighted by atomic mass is 10.3. The van der Waals surface area contributed by atoms with Crippen LogP contribution in [-0.4, -0.2) is 45.0 Å². The second-order valence-electron chi connectivity index (χ2n) is 3.52. The van der Waals surface area contributed by atoms with Crippen LogP contribution >= 0.6 is 0 Å². The third-order valence-electron chi connectivity index (χ3n) is 2.25. The van der Waals surface area contributed by atoms with Crippen molar-refractivity contribution in [2.45, 2.75) is 0 Å². The van der Waals surface area contributed by atoms with Crippen LogP contribution in [0.1, 0.15) is 0 Å². The van der Waals surface area contributed by atoms with Crippen LogP contribution in [0, 0.1) is 0 Å². The van der Waals surface area contributed by atoms with Crippen molar-refractivity contribution in [3.05, 3.63) is 24.3 Å². The van der Waals surface area contributed by atoms with Crippen molar-refractivity contribution in [3.8, 4) is 5.75 Å². The number of phenols is 1. The van der Waals surface area contributed by atoms with E-state index in [0.29, 0.717) is 18.9 Å². The zero-order valence-electron chi connectivity index (χ0n) is 10.0. The third kappa shape index (κ3) is 4.42. The Hall–Kier alpha value is -1.59. The van der Waals surface area contributed by atoms with Crippen molar-refractivity contribution in [2.75, 3.05) is 38.9 Å². The van der Waals surface area contributed by atoms with Gasteiger partial charge in [0.05, 0.1) is 13.2 Å². The summed E-state index contributed by atoms with van der Waals surface area (Å²) >= 11 is 0. The molecule has 1 aromatic rings. The van der Waals surface area contributed by atoms with Crippen molar-refractivity contribution in [1.82, 2.24) is 0 Å². The van der Waals surface area contributed by atoms with Crippen molar-refractivity contribution in [2.24, 2.45) is 0 Å². The Balaban J connectivity index is 2.46. The average Bonchev–Trinajstić information content (AvgIpc) is 2.33. The van der Waals surface area contributed by atoms with E-state index in [1.165, 1.54) is 11.0 Å². The Bertz CT molecular complexity index is 367. The number of likely N-dealkylation sites (N-methyl/N-ethyl adjacent to an activating group) is 1. The monoisotopic (exact) mass is 239 g/mol. The van der Waals surface area contributed by atoms with E-state index in [1.54, 1.807) is 32.4 Å². The van der Waals surface area contributed by atoms with Crippen molar-refractivity contribution in [1.29, 1.82) is 0 Å². The molecule has 0 saturated carbocycles. The summed E-state index contributed by atoms with van der Waals surface area (Å²) in [6.45, 7) is 0.842. The van der Waals surface area contributed by atoms with E-state index in [4.69, 9.17) is 9.47 Å². The molecular weight excluding hydrogens is 222 g/mol. The summed E-state index contributed by atoms with van der Waals surface area (Å²) in [5, 5.41) is 9.30. The number of nitrogens with zero attached hydrogens (tertiary/aromatic N) is 1. The van der Waals surface area contributed by atoms with E-state index in [0.717, 1.165) is 0 Å². The van der Waals surface area contributed by atoms with Gasteiger partial charge < -0.3 is 19.5 Å². The highest BCUT2D eigenvalue weighted by Crippen LogP contribution is 2.18. The largest absolute Gasteiger partial charge is 0.508 e. The van der Waals surface area contributed by atoms with Crippen LogP contribution in [0.25, 0.3) is 0 Å². The molecule has 94 valence electrons. The van der Waals surface area contributed by atoms with Gasteiger partial charge in [0.25, 0.3) is 5.91 Å². The highest BCUT2D eigenvalue weighted by atomic mass is 16.5. The number of hydrogen-bond acceptors (Lipinski definition) is 4. The lowest BCUT2D eigenvalue weighted by Gasteiger charge is -2.17. The maximum atomic E-state index is 11.7. The first kappa shape index (κ1) is 13.5. The molecule has 0 unspecified atom stereocenters. The van der Waals surface area contributed by atoms with E-state index in [2.05, 4.69) is 0 Å². The fraction of sp³-hybridized carbons (Fsp3) is 0.417. The summed E-state index contributed by atoms with van der Waals surface area (Å²) < 4.78 is 9.93. The predicted octanol–water partition coefficient (Wildman–Crippen LogP) is 1.02. The van der Waals surface area contributed by atoms with Gasteiger partial charge in [-0.25, -0.2) is 0 Å². The number of methoxy groups -OCH3 is 1. The zero-order chi connectivity index (χ0) is 12.7. The van der Waals surface area contributed by atoms with Crippen molar-refractivity contribution < 1.29 is 19.4 Å². The molecule has 17 heavy (non-hydrogen) atoms. The molecular formula is C12H17NO4. The SMILES string of the molecule is COCCOCC(=O)N(C)c1cccc(O)c1. The van der Waals surface area contributed by atoms with E-state index in [9.17, 15) is 9.90 Å². The van der Waals surface area contributed by atoms with Crippen LogP contribution in [0.15, 0.2) is 24.3 Å². The molecule has 0 saturated heterocycles. The van der Waals surface area contributed by atoms with Crippen LogP contribution in [0.2, 0.25) is 0 Å². The molecule has 0 aliphatic rings. The Morgan fingerprint density at radius 2 is 2.18 bits per heavy atom. The molecule has 0 spiro atoms. The minimum Gasteiger partial charge on any atom is -0.508 e. The Morgan fingerprint density at radius 1 is 1.41 bits per heavy atom. The summed E-state index contributed by atoms with van der Waals surface area (Å²) in [6.07, 6.45) is 0. The number of aromatic hydroxyl groups is 1. The first-order valence-corrected chi connectivity index (χ1v) is 5.27. The number of phenolic OH excluding ortho intramolecular Hbond substituents is 1. The number of rotatable bonds is 6. The summed E-state index contributed by atoms with van der Waals surface area (Å²) in [5.41, 5.74) is 0.630. The molecule has 1 N–H and O–H groups in total. The molecule has 1 amide bonds. The number of amides is 1. The number of anilines is 1. The fourth-order valence-corrected chi connectivity index (χ4v) is 1.24. The average molecular weight is 239 g/mol. The van der Waals surface area contributed by atoms with E-state index in [-0.39, 0.29) is 18.3 Å². The van der Waals surface area contributed by atoms with Gasteiger partial charge in [0.2, 0.25) is 0 Å². The quantitative estimate of drug-likeness (QED) is 0.753. The summed E-state index contributed by atoms with van der Waals surface area (Å²) in [4.78, 5) is 13.1. The van der Waals surface area contributed by atoms with Gasteiger partial charge in [0, 0.05) is 25.9 Å². The zero-order valence-corrected chi connectivity index (χ0v) is 10.0. The molecule has 0 fully saturated rings. The Morgan fingerprint density at radius 3 is 2.82 bits per heavy atom. The molecule has 0 bridgehead atoms. The van der Waals surface area contributed by atoms with Gasteiger partial charge in [-0.2, -0.15) is 0 Å². The first-order valence-electron chi connectivity index (χ1n) is 5.27. The number of ether oxygens (including phenoxy) is 2. The highest BCUT2D eigenvalue weighted by Gasteiger charge is 2.11. The normalized spacial score (nSPS) is 10.2. The van der Waals surface area contributed by atoms with E-state index < -0.39 is 0 Å². The van der Waals surface area contributed by atoms with Crippen LogP contribution in [0.4, 0.5) is 5.69 Å². The Kier molecular flexibility index (Phi) is 5.45. The Labute approximate surface area is 101 Å². The molecule has 0 atom stereocenters. The fourth-order valence-electron chi connectivity index (χ4n) is 1.24. The number of benzene rings is 1. The maximum absolute atomic E-state index is 11.7.